The average Bonchev–Trinajstić information content (AvgIpc) is 2.77. The Kier molecular flexibility index (Phi) is 7.04. The van der Waals surface area contributed by atoms with Crippen molar-refractivity contribution in [3.8, 4) is 0 Å². The lowest BCUT2D eigenvalue weighted by molar-refractivity contribution is -0.136. The van der Waals surface area contributed by atoms with Crippen LogP contribution in [0.1, 0.15) is 23.1 Å². The van der Waals surface area contributed by atoms with Crippen molar-refractivity contribution in [2.45, 2.75) is 17.7 Å². The van der Waals surface area contributed by atoms with Gasteiger partial charge in [-0.3, -0.25) is 9.52 Å². The van der Waals surface area contributed by atoms with Crippen molar-refractivity contribution in [3.05, 3.63) is 95.6 Å². The summed E-state index contributed by atoms with van der Waals surface area (Å²) in [4.78, 5) is 15.7. The van der Waals surface area contributed by atoms with Crippen molar-refractivity contribution < 1.29 is 23.2 Å². The molecular formula is C23H22N2O5S. The van der Waals surface area contributed by atoms with Gasteiger partial charge in [0.2, 0.25) is 0 Å². The van der Waals surface area contributed by atoms with Crippen LogP contribution in [0.5, 0.6) is 0 Å². The molecule has 0 aromatic heterocycles. The van der Waals surface area contributed by atoms with Gasteiger partial charge in [-0.15, -0.1) is 0 Å². The predicted molar refractivity (Wildman–Crippen MR) is 119 cm³/mol. The Hall–Kier alpha value is -3.65. The molecule has 8 heteroatoms. The zero-order chi connectivity index (χ0) is 22.3. The molecule has 3 aromatic rings. The highest BCUT2D eigenvalue weighted by molar-refractivity contribution is 7.92. The first-order valence-electron chi connectivity index (χ1n) is 9.49. The summed E-state index contributed by atoms with van der Waals surface area (Å²) in [5.41, 5.74) is 3.11. The molecule has 160 valence electrons. The fraction of sp³-hybridized carbons (Fsp3) is 0.130. The first kappa shape index (κ1) is 22.0. The number of carboxylic acids is 1. The highest BCUT2D eigenvalue weighted by Crippen LogP contribution is 2.20. The Labute approximate surface area is 181 Å². The third-order valence-corrected chi connectivity index (χ3v) is 5.86. The average molecular weight is 439 g/mol. The summed E-state index contributed by atoms with van der Waals surface area (Å²) in [5, 5.41) is 12.8. The highest BCUT2D eigenvalue weighted by Gasteiger charge is 2.17. The third-order valence-electron chi connectivity index (χ3n) is 4.48. The van der Waals surface area contributed by atoms with E-state index in [1.165, 1.54) is 19.2 Å². The zero-order valence-electron chi connectivity index (χ0n) is 16.9. The van der Waals surface area contributed by atoms with Crippen molar-refractivity contribution in [3.63, 3.8) is 0 Å². The minimum Gasteiger partial charge on any atom is -0.481 e. The Morgan fingerprint density at radius 1 is 0.968 bits per heavy atom. The van der Waals surface area contributed by atoms with Gasteiger partial charge in [-0.2, -0.15) is 0 Å². The van der Waals surface area contributed by atoms with Crippen molar-refractivity contribution in [2.75, 3.05) is 11.8 Å². The Bertz CT molecular complexity index is 1170. The van der Waals surface area contributed by atoms with E-state index in [9.17, 15) is 13.2 Å². The second-order valence-electron chi connectivity index (χ2n) is 6.71. The van der Waals surface area contributed by atoms with Gasteiger partial charge in [0.25, 0.3) is 10.0 Å². The molecule has 0 spiro atoms. The number of hydrogen-bond acceptors (Lipinski definition) is 5. The van der Waals surface area contributed by atoms with E-state index in [1.807, 2.05) is 30.3 Å². The molecule has 0 atom stereocenters. The smallest absolute Gasteiger partial charge is 0.303 e. The van der Waals surface area contributed by atoms with Crippen LogP contribution in [-0.4, -0.2) is 32.3 Å². The zero-order valence-corrected chi connectivity index (χ0v) is 17.7. The van der Waals surface area contributed by atoms with E-state index in [0.29, 0.717) is 23.4 Å². The Balaban J connectivity index is 1.84. The van der Waals surface area contributed by atoms with Gasteiger partial charge in [-0.25, -0.2) is 8.42 Å². The van der Waals surface area contributed by atoms with Gasteiger partial charge in [-0.05, 0) is 36.2 Å². The van der Waals surface area contributed by atoms with Crippen molar-refractivity contribution in [2.24, 2.45) is 5.16 Å². The topological polar surface area (TPSA) is 105 Å². The van der Waals surface area contributed by atoms with Crippen LogP contribution in [0.3, 0.4) is 0 Å². The largest absolute Gasteiger partial charge is 0.481 e. The quantitative estimate of drug-likeness (QED) is 0.389. The SMILES string of the molecule is CO/N=C(/c1ccccc1)c1cccc(S(=O)(=O)Nc2ccc(CCC(=O)O)cc2)c1. The number of hydrogen-bond donors (Lipinski definition) is 2. The molecule has 0 heterocycles. The molecule has 31 heavy (non-hydrogen) atoms. The standard InChI is InChI=1S/C23H22N2O5S/c1-30-24-23(18-6-3-2-4-7-18)19-8-5-9-21(16-19)31(28,29)25-20-13-10-17(11-14-20)12-15-22(26)27/h2-11,13-14,16,25H,12,15H2,1H3,(H,26,27)/b24-23-. The molecule has 0 unspecified atom stereocenters. The van der Waals surface area contributed by atoms with E-state index in [2.05, 4.69) is 9.88 Å². The summed E-state index contributed by atoms with van der Waals surface area (Å²) in [6.45, 7) is 0. The van der Waals surface area contributed by atoms with Crippen LogP contribution < -0.4 is 4.72 Å². The summed E-state index contributed by atoms with van der Waals surface area (Å²) in [6, 6.07) is 22.4. The molecule has 0 radical (unpaired) electrons. The van der Waals surface area contributed by atoms with Crippen LogP contribution in [0.15, 0.2) is 88.9 Å². The number of carboxylic acid groups (broad SMARTS) is 1. The van der Waals surface area contributed by atoms with Crippen LogP contribution in [0.25, 0.3) is 0 Å². The number of aliphatic carboxylic acids is 1. The summed E-state index contributed by atoms with van der Waals surface area (Å²) >= 11 is 0. The van der Waals surface area contributed by atoms with Gasteiger partial charge in [0.05, 0.1) is 4.90 Å². The van der Waals surface area contributed by atoms with Crippen LogP contribution in [0.4, 0.5) is 5.69 Å². The predicted octanol–water partition coefficient (Wildman–Crippen LogP) is 3.90. The molecule has 0 bridgehead atoms. The van der Waals surface area contributed by atoms with Crippen LogP contribution >= 0.6 is 0 Å². The van der Waals surface area contributed by atoms with E-state index in [4.69, 9.17) is 9.94 Å². The molecule has 3 aromatic carbocycles. The number of oxime groups is 1. The first-order chi connectivity index (χ1) is 14.9. The second-order valence-corrected chi connectivity index (χ2v) is 8.39. The number of benzene rings is 3. The van der Waals surface area contributed by atoms with Gasteiger partial charge in [0, 0.05) is 23.2 Å². The molecule has 0 aliphatic rings. The maximum atomic E-state index is 12.9. The van der Waals surface area contributed by atoms with Crippen molar-refractivity contribution in [1.82, 2.24) is 0 Å². The van der Waals surface area contributed by atoms with Gasteiger partial charge in [0.15, 0.2) is 0 Å². The lowest BCUT2D eigenvalue weighted by atomic mass is 10.0. The number of anilines is 1. The first-order valence-corrected chi connectivity index (χ1v) is 11.0. The lowest BCUT2D eigenvalue weighted by Gasteiger charge is -2.11. The summed E-state index contributed by atoms with van der Waals surface area (Å²) in [5.74, 6) is -0.878. The van der Waals surface area contributed by atoms with E-state index >= 15 is 0 Å². The molecule has 0 aliphatic carbocycles. The Morgan fingerprint density at radius 3 is 2.29 bits per heavy atom. The van der Waals surface area contributed by atoms with Gasteiger partial charge >= 0.3 is 5.97 Å². The molecule has 7 nitrogen and oxygen atoms in total. The fourth-order valence-electron chi connectivity index (χ4n) is 2.97. The summed E-state index contributed by atoms with van der Waals surface area (Å²) in [6.07, 6.45) is 0.399. The Morgan fingerprint density at radius 2 is 1.65 bits per heavy atom. The number of nitrogens with one attached hydrogen (secondary N) is 1. The number of nitrogens with zero attached hydrogens (tertiary/aromatic N) is 1. The minimum atomic E-state index is -3.84. The normalized spacial score (nSPS) is 11.7. The van der Waals surface area contributed by atoms with E-state index in [-0.39, 0.29) is 11.3 Å². The molecule has 0 fully saturated rings. The van der Waals surface area contributed by atoms with E-state index in [1.54, 1.807) is 36.4 Å². The van der Waals surface area contributed by atoms with Crippen molar-refractivity contribution >= 4 is 27.4 Å². The van der Waals surface area contributed by atoms with Gasteiger partial charge in [-0.1, -0.05) is 59.8 Å². The van der Waals surface area contributed by atoms with E-state index < -0.39 is 16.0 Å². The fourth-order valence-corrected chi connectivity index (χ4v) is 4.08. The molecule has 3 rings (SSSR count). The summed E-state index contributed by atoms with van der Waals surface area (Å²) in [7, 11) is -2.41. The number of aryl methyl sites for hydroxylation is 1. The van der Waals surface area contributed by atoms with E-state index in [0.717, 1.165) is 11.1 Å². The van der Waals surface area contributed by atoms with Crippen LogP contribution in [0, 0.1) is 0 Å². The van der Waals surface area contributed by atoms with Crippen LogP contribution in [0.2, 0.25) is 0 Å². The molecule has 2 N–H and O–H groups in total. The molecular weight excluding hydrogens is 416 g/mol. The highest BCUT2D eigenvalue weighted by atomic mass is 32.2. The number of sulfonamides is 1. The minimum absolute atomic E-state index is 0.0185. The molecule has 0 aliphatic heterocycles. The molecule has 0 saturated carbocycles. The second kappa shape index (κ2) is 9.90. The monoisotopic (exact) mass is 438 g/mol. The van der Waals surface area contributed by atoms with Crippen LogP contribution in [-0.2, 0) is 26.1 Å². The molecule has 0 amide bonds. The number of rotatable bonds is 9. The lowest BCUT2D eigenvalue weighted by Crippen LogP contribution is -2.14. The maximum absolute atomic E-state index is 12.9. The third kappa shape index (κ3) is 5.93. The maximum Gasteiger partial charge on any atom is 0.303 e. The number of carbonyl (C=O) groups is 1. The van der Waals surface area contributed by atoms with Gasteiger partial charge < -0.3 is 9.94 Å². The van der Waals surface area contributed by atoms with Crippen molar-refractivity contribution in [1.29, 1.82) is 0 Å². The van der Waals surface area contributed by atoms with Gasteiger partial charge in [0.1, 0.15) is 12.8 Å². The molecule has 0 saturated heterocycles. The summed E-state index contributed by atoms with van der Waals surface area (Å²) < 4.78 is 28.4.